The third-order valence-electron chi connectivity index (χ3n) is 5.80. The molecule has 2 aromatic carbocycles. The van der Waals surface area contributed by atoms with Crippen molar-refractivity contribution in [2.75, 3.05) is 31.1 Å². The van der Waals surface area contributed by atoms with Crippen LogP contribution in [0.15, 0.2) is 51.8 Å². The van der Waals surface area contributed by atoms with Gasteiger partial charge >= 0.3 is 0 Å². The average Bonchev–Trinajstić information content (AvgIpc) is 3.15. The highest BCUT2D eigenvalue weighted by molar-refractivity contribution is 9.10. The number of sulfonamides is 1. The van der Waals surface area contributed by atoms with Crippen LogP contribution in [0.3, 0.4) is 0 Å². The monoisotopic (exact) mass is 492 g/mol. The van der Waals surface area contributed by atoms with Crippen LogP contribution in [0, 0.1) is 5.92 Å². The second-order valence-corrected chi connectivity index (χ2v) is 10.8. The molecule has 30 heavy (non-hydrogen) atoms. The van der Waals surface area contributed by atoms with Crippen LogP contribution in [-0.4, -0.2) is 44.9 Å². The molecule has 2 aliphatic heterocycles. The summed E-state index contributed by atoms with van der Waals surface area (Å²) < 4.78 is 33.8. The number of amides is 1. The Morgan fingerprint density at radius 3 is 2.50 bits per heavy atom. The van der Waals surface area contributed by atoms with Gasteiger partial charge in [0.25, 0.3) is 5.91 Å². The summed E-state index contributed by atoms with van der Waals surface area (Å²) in [5.41, 5.74) is 2.06. The fourth-order valence-electron chi connectivity index (χ4n) is 3.93. The van der Waals surface area contributed by atoms with Crippen molar-refractivity contribution in [1.82, 2.24) is 4.31 Å². The van der Waals surface area contributed by atoms with Crippen LogP contribution in [0.4, 0.5) is 5.69 Å². The molecule has 160 valence electrons. The number of ether oxygens (including phenoxy) is 1. The molecule has 0 unspecified atom stereocenters. The summed E-state index contributed by atoms with van der Waals surface area (Å²) in [6, 6.07) is 12.2. The Balaban J connectivity index is 1.37. The molecule has 0 bridgehead atoms. The summed E-state index contributed by atoms with van der Waals surface area (Å²) in [5.74, 6) is 0.925. The van der Waals surface area contributed by atoms with Crippen LogP contribution in [0.2, 0.25) is 0 Å². The number of hydrogen-bond donors (Lipinski definition) is 0. The number of anilines is 1. The van der Waals surface area contributed by atoms with Crippen molar-refractivity contribution < 1.29 is 17.9 Å². The average molecular weight is 493 g/mol. The van der Waals surface area contributed by atoms with E-state index in [0.717, 1.165) is 35.0 Å². The van der Waals surface area contributed by atoms with E-state index in [-0.39, 0.29) is 17.4 Å². The zero-order valence-electron chi connectivity index (χ0n) is 16.9. The van der Waals surface area contributed by atoms with Crippen molar-refractivity contribution in [2.24, 2.45) is 5.92 Å². The number of carbonyl (C=O) groups excluding carboxylic acids is 1. The zero-order valence-corrected chi connectivity index (χ0v) is 19.3. The van der Waals surface area contributed by atoms with E-state index in [1.54, 1.807) is 33.5 Å². The van der Waals surface area contributed by atoms with E-state index in [1.165, 1.54) is 0 Å². The summed E-state index contributed by atoms with van der Waals surface area (Å²) in [6.45, 7) is 3.82. The molecule has 0 atom stereocenters. The van der Waals surface area contributed by atoms with Gasteiger partial charge in [0.05, 0.1) is 4.90 Å². The predicted molar refractivity (Wildman–Crippen MR) is 119 cm³/mol. The maximum atomic E-state index is 12.8. The number of rotatable bonds is 5. The third kappa shape index (κ3) is 4.40. The van der Waals surface area contributed by atoms with Crippen LogP contribution in [0.25, 0.3) is 0 Å². The Kier molecular flexibility index (Phi) is 6.18. The van der Waals surface area contributed by atoms with E-state index < -0.39 is 10.0 Å². The molecule has 0 radical (unpaired) electrons. The standard InChI is InChI=1S/C22H25BrN2O4S/c1-16-8-11-24(12-9-16)30(27,28)20-5-3-19(4-6-20)29-15-22(26)25-13-10-17-14-18(23)2-7-21(17)25/h2-7,14,16H,8-13,15H2,1H3. The number of carbonyl (C=O) groups is 1. The molecule has 0 saturated carbocycles. The topological polar surface area (TPSA) is 66.9 Å². The second-order valence-electron chi connectivity index (χ2n) is 7.92. The van der Waals surface area contributed by atoms with Gasteiger partial charge in [-0.25, -0.2) is 8.42 Å². The van der Waals surface area contributed by atoms with Gasteiger partial charge in [0, 0.05) is 29.8 Å². The Labute approximate surface area is 186 Å². The first-order valence-corrected chi connectivity index (χ1v) is 12.4. The Hall–Kier alpha value is -1.90. The van der Waals surface area contributed by atoms with E-state index in [2.05, 4.69) is 22.9 Å². The van der Waals surface area contributed by atoms with Crippen LogP contribution in [-0.2, 0) is 21.2 Å². The molecule has 6 nitrogen and oxygen atoms in total. The van der Waals surface area contributed by atoms with Crippen molar-refractivity contribution in [3.05, 3.63) is 52.5 Å². The predicted octanol–water partition coefficient (Wildman–Crippen LogP) is 3.84. The molecule has 2 aromatic rings. The molecule has 4 rings (SSSR count). The minimum Gasteiger partial charge on any atom is -0.484 e. The summed E-state index contributed by atoms with van der Waals surface area (Å²) in [4.78, 5) is 14.6. The second kappa shape index (κ2) is 8.69. The normalized spacial score (nSPS) is 17.7. The van der Waals surface area contributed by atoms with Crippen molar-refractivity contribution in [2.45, 2.75) is 31.1 Å². The van der Waals surface area contributed by atoms with Gasteiger partial charge < -0.3 is 9.64 Å². The van der Waals surface area contributed by atoms with Gasteiger partial charge in [-0.3, -0.25) is 4.79 Å². The quantitative estimate of drug-likeness (QED) is 0.635. The summed E-state index contributed by atoms with van der Waals surface area (Å²) in [7, 11) is -3.48. The maximum Gasteiger partial charge on any atom is 0.264 e. The highest BCUT2D eigenvalue weighted by atomic mass is 79.9. The molecule has 0 aromatic heterocycles. The number of fused-ring (bicyclic) bond motifs is 1. The van der Waals surface area contributed by atoms with Crippen LogP contribution in [0.5, 0.6) is 5.75 Å². The largest absolute Gasteiger partial charge is 0.484 e. The molecule has 0 aliphatic carbocycles. The molecule has 1 amide bonds. The maximum absolute atomic E-state index is 12.8. The highest BCUT2D eigenvalue weighted by Crippen LogP contribution is 2.31. The number of nitrogens with zero attached hydrogens (tertiary/aromatic N) is 2. The van der Waals surface area contributed by atoms with Gasteiger partial charge in [0.2, 0.25) is 10.0 Å². The van der Waals surface area contributed by atoms with Gasteiger partial charge in [-0.2, -0.15) is 4.31 Å². The first kappa shape index (κ1) is 21.3. The van der Waals surface area contributed by atoms with Crippen molar-refractivity contribution in [1.29, 1.82) is 0 Å². The van der Waals surface area contributed by atoms with Crippen LogP contribution >= 0.6 is 15.9 Å². The fraction of sp³-hybridized carbons (Fsp3) is 0.409. The molecular weight excluding hydrogens is 468 g/mol. The third-order valence-corrected chi connectivity index (χ3v) is 8.21. The van der Waals surface area contributed by atoms with Gasteiger partial charge in [-0.05, 0) is 73.2 Å². The highest BCUT2D eigenvalue weighted by Gasteiger charge is 2.28. The van der Waals surface area contributed by atoms with Gasteiger partial charge in [0.1, 0.15) is 5.75 Å². The number of piperidine rings is 1. The lowest BCUT2D eigenvalue weighted by Gasteiger charge is -2.29. The first-order chi connectivity index (χ1) is 14.3. The van der Waals surface area contributed by atoms with Crippen molar-refractivity contribution in [3.8, 4) is 5.75 Å². The smallest absolute Gasteiger partial charge is 0.264 e. The van der Waals surface area contributed by atoms with Crippen molar-refractivity contribution >= 4 is 37.5 Å². The minimum absolute atomic E-state index is 0.0917. The number of hydrogen-bond acceptors (Lipinski definition) is 4. The number of halogens is 1. The molecule has 0 spiro atoms. The SMILES string of the molecule is CC1CCN(S(=O)(=O)c2ccc(OCC(=O)N3CCc4cc(Br)ccc43)cc2)CC1. The van der Waals surface area contributed by atoms with E-state index in [1.807, 2.05) is 18.2 Å². The summed E-state index contributed by atoms with van der Waals surface area (Å²) in [5, 5.41) is 0. The Bertz CT molecular complexity index is 1030. The Morgan fingerprint density at radius 1 is 1.10 bits per heavy atom. The lowest BCUT2D eigenvalue weighted by Crippen LogP contribution is -2.37. The molecule has 1 fully saturated rings. The molecular formula is C22H25BrN2O4S. The van der Waals surface area contributed by atoms with Crippen LogP contribution < -0.4 is 9.64 Å². The summed E-state index contributed by atoms with van der Waals surface area (Å²) >= 11 is 3.46. The molecule has 1 saturated heterocycles. The summed E-state index contributed by atoms with van der Waals surface area (Å²) in [6.07, 6.45) is 2.60. The van der Waals surface area contributed by atoms with Gasteiger partial charge in [-0.1, -0.05) is 22.9 Å². The van der Waals surface area contributed by atoms with Gasteiger partial charge in [-0.15, -0.1) is 0 Å². The fourth-order valence-corrected chi connectivity index (χ4v) is 5.81. The zero-order chi connectivity index (χ0) is 21.3. The molecule has 0 N–H and O–H groups in total. The van der Waals surface area contributed by atoms with Gasteiger partial charge in [0.15, 0.2) is 6.61 Å². The van der Waals surface area contributed by atoms with Crippen molar-refractivity contribution in [3.63, 3.8) is 0 Å². The molecule has 2 heterocycles. The van der Waals surface area contributed by atoms with E-state index in [4.69, 9.17) is 4.74 Å². The van der Waals surface area contributed by atoms with E-state index in [9.17, 15) is 13.2 Å². The Morgan fingerprint density at radius 2 is 1.80 bits per heavy atom. The molecule has 8 heteroatoms. The number of benzene rings is 2. The lowest BCUT2D eigenvalue weighted by molar-refractivity contribution is -0.120. The van der Waals surface area contributed by atoms with Crippen LogP contribution in [0.1, 0.15) is 25.3 Å². The van der Waals surface area contributed by atoms with E-state index >= 15 is 0 Å². The first-order valence-electron chi connectivity index (χ1n) is 10.2. The minimum atomic E-state index is -3.48. The lowest BCUT2D eigenvalue weighted by atomic mass is 10.0. The molecule has 2 aliphatic rings. The van der Waals surface area contributed by atoms with E-state index in [0.29, 0.717) is 31.3 Å².